The van der Waals surface area contributed by atoms with Crippen LogP contribution in [0.2, 0.25) is 10.0 Å². The molecule has 0 bridgehead atoms. The zero-order valence-electron chi connectivity index (χ0n) is 13.0. The quantitative estimate of drug-likeness (QED) is 0.712. The third kappa shape index (κ3) is 4.95. The Labute approximate surface area is 154 Å². The van der Waals surface area contributed by atoms with E-state index in [9.17, 15) is 4.79 Å². The van der Waals surface area contributed by atoms with E-state index in [1.54, 1.807) is 29.2 Å². The molecule has 1 amide bonds. The molecule has 0 aliphatic heterocycles. The summed E-state index contributed by atoms with van der Waals surface area (Å²) in [6.07, 6.45) is 3.14. The van der Waals surface area contributed by atoms with Gasteiger partial charge in [0.2, 0.25) is 0 Å². The monoisotopic (exact) mass is 376 g/mol. The molecule has 0 atom stereocenters. The Morgan fingerprint density at radius 2 is 1.92 bits per heavy atom. The normalized spacial score (nSPS) is 10.5. The fourth-order valence-corrected chi connectivity index (χ4v) is 2.40. The second-order valence-corrected chi connectivity index (χ2v) is 6.02. The van der Waals surface area contributed by atoms with Gasteiger partial charge in [-0.1, -0.05) is 35.3 Å². The molecule has 0 aliphatic rings. The Morgan fingerprint density at radius 1 is 1.12 bits per heavy atom. The average Bonchev–Trinajstić information content (AvgIpc) is 3.11. The summed E-state index contributed by atoms with van der Waals surface area (Å²) >= 11 is 11.7. The van der Waals surface area contributed by atoms with E-state index in [4.69, 9.17) is 27.9 Å². The average molecular weight is 377 g/mol. The maximum atomic E-state index is 12.0. The highest BCUT2D eigenvalue weighted by Crippen LogP contribution is 2.26. The number of halogens is 2. The first kappa shape index (κ1) is 17.3. The number of ether oxygens (including phenoxy) is 1. The smallest absolute Gasteiger partial charge is 0.262 e. The Morgan fingerprint density at radius 3 is 2.60 bits per heavy atom. The highest BCUT2D eigenvalue weighted by Gasteiger charge is 2.06. The Bertz CT molecular complexity index is 852. The molecule has 25 heavy (non-hydrogen) atoms. The van der Waals surface area contributed by atoms with Gasteiger partial charge in [0, 0.05) is 11.8 Å². The SMILES string of the molecule is O=C(COc1ccc(Cl)c(Cl)c1)Nc1ccc(Cn2cncn2)cc1. The number of carbonyl (C=O) groups is 1. The van der Waals surface area contributed by atoms with Crippen LogP contribution in [-0.4, -0.2) is 27.3 Å². The van der Waals surface area contributed by atoms with Crippen LogP contribution in [0.25, 0.3) is 0 Å². The Hall–Kier alpha value is -2.57. The molecule has 128 valence electrons. The van der Waals surface area contributed by atoms with E-state index in [0.717, 1.165) is 5.56 Å². The maximum Gasteiger partial charge on any atom is 0.262 e. The molecule has 2 aromatic carbocycles. The van der Waals surface area contributed by atoms with Crippen LogP contribution < -0.4 is 10.1 Å². The molecule has 6 nitrogen and oxygen atoms in total. The van der Waals surface area contributed by atoms with E-state index in [1.165, 1.54) is 6.33 Å². The molecule has 3 rings (SSSR count). The number of carbonyl (C=O) groups excluding carboxylic acids is 1. The number of hydrogen-bond donors (Lipinski definition) is 1. The lowest BCUT2D eigenvalue weighted by molar-refractivity contribution is -0.118. The molecule has 0 saturated heterocycles. The van der Waals surface area contributed by atoms with Gasteiger partial charge in [-0.15, -0.1) is 0 Å². The summed E-state index contributed by atoms with van der Waals surface area (Å²) in [6.45, 7) is 0.493. The second kappa shape index (κ2) is 8.00. The Balaban J connectivity index is 1.51. The number of benzene rings is 2. The van der Waals surface area contributed by atoms with Crippen molar-refractivity contribution < 1.29 is 9.53 Å². The predicted octanol–water partition coefficient (Wildman–Crippen LogP) is 3.65. The number of rotatable bonds is 6. The highest BCUT2D eigenvalue weighted by molar-refractivity contribution is 6.42. The van der Waals surface area contributed by atoms with Crippen molar-refractivity contribution in [2.24, 2.45) is 0 Å². The lowest BCUT2D eigenvalue weighted by Gasteiger charge is -2.09. The van der Waals surface area contributed by atoms with Gasteiger partial charge in [-0.25, -0.2) is 9.67 Å². The molecule has 3 aromatic rings. The molecular weight excluding hydrogens is 363 g/mol. The second-order valence-electron chi connectivity index (χ2n) is 5.20. The Kier molecular flexibility index (Phi) is 5.53. The van der Waals surface area contributed by atoms with Gasteiger partial charge in [-0.3, -0.25) is 4.79 Å². The van der Waals surface area contributed by atoms with Crippen molar-refractivity contribution in [1.29, 1.82) is 0 Å². The largest absolute Gasteiger partial charge is 0.484 e. The van der Waals surface area contributed by atoms with Gasteiger partial charge in [0.15, 0.2) is 6.61 Å². The molecule has 1 heterocycles. The topological polar surface area (TPSA) is 69.0 Å². The highest BCUT2D eigenvalue weighted by atomic mass is 35.5. The number of nitrogens with zero attached hydrogens (tertiary/aromatic N) is 3. The van der Waals surface area contributed by atoms with Gasteiger partial charge in [-0.05, 0) is 29.8 Å². The van der Waals surface area contributed by atoms with Crippen LogP contribution in [0.4, 0.5) is 5.69 Å². The van der Waals surface area contributed by atoms with Crippen molar-refractivity contribution in [3.63, 3.8) is 0 Å². The van der Waals surface area contributed by atoms with Crippen molar-refractivity contribution in [3.8, 4) is 5.75 Å². The molecule has 0 spiro atoms. The number of nitrogens with one attached hydrogen (secondary N) is 1. The van der Waals surface area contributed by atoms with Crippen molar-refractivity contribution in [2.45, 2.75) is 6.54 Å². The van der Waals surface area contributed by atoms with Gasteiger partial charge >= 0.3 is 0 Å². The third-order valence-electron chi connectivity index (χ3n) is 3.31. The first-order valence-electron chi connectivity index (χ1n) is 7.39. The molecule has 0 aliphatic carbocycles. The minimum absolute atomic E-state index is 0.126. The van der Waals surface area contributed by atoms with Gasteiger partial charge in [0.05, 0.1) is 16.6 Å². The van der Waals surface area contributed by atoms with Crippen LogP contribution in [0.3, 0.4) is 0 Å². The zero-order chi connectivity index (χ0) is 17.6. The van der Waals surface area contributed by atoms with Crippen LogP contribution in [-0.2, 0) is 11.3 Å². The fraction of sp³-hybridized carbons (Fsp3) is 0.118. The van der Waals surface area contributed by atoms with Crippen LogP contribution >= 0.6 is 23.2 Å². The molecule has 0 radical (unpaired) electrons. The van der Waals surface area contributed by atoms with Crippen molar-refractivity contribution in [1.82, 2.24) is 14.8 Å². The predicted molar refractivity (Wildman–Crippen MR) is 96.2 cm³/mol. The van der Waals surface area contributed by atoms with Crippen LogP contribution in [0.1, 0.15) is 5.56 Å². The third-order valence-corrected chi connectivity index (χ3v) is 4.05. The van der Waals surface area contributed by atoms with E-state index >= 15 is 0 Å². The number of amides is 1. The summed E-state index contributed by atoms with van der Waals surface area (Å²) in [4.78, 5) is 15.9. The van der Waals surface area contributed by atoms with E-state index in [0.29, 0.717) is 28.0 Å². The maximum absolute atomic E-state index is 12.0. The lowest BCUT2D eigenvalue weighted by Crippen LogP contribution is -2.20. The summed E-state index contributed by atoms with van der Waals surface area (Å²) in [6, 6.07) is 12.3. The van der Waals surface area contributed by atoms with E-state index in [1.807, 2.05) is 24.3 Å². The molecule has 8 heteroatoms. The van der Waals surface area contributed by atoms with E-state index in [-0.39, 0.29) is 12.5 Å². The number of anilines is 1. The minimum atomic E-state index is -0.268. The van der Waals surface area contributed by atoms with Gasteiger partial charge in [-0.2, -0.15) is 5.10 Å². The summed E-state index contributed by atoms with van der Waals surface area (Å²) in [7, 11) is 0. The molecule has 0 unspecified atom stereocenters. The number of hydrogen-bond acceptors (Lipinski definition) is 4. The summed E-state index contributed by atoms with van der Waals surface area (Å²) < 4.78 is 7.12. The van der Waals surface area contributed by atoms with Crippen LogP contribution in [0.15, 0.2) is 55.1 Å². The minimum Gasteiger partial charge on any atom is -0.484 e. The van der Waals surface area contributed by atoms with Crippen LogP contribution in [0, 0.1) is 0 Å². The molecule has 0 saturated carbocycles. The van der Waals surface area contributed by atoms with Crippen LogP contribution in [0.5, 0.6) is 5.75 Å². The summed E-state index contributed by atoms with van der Waals surface area (Å²) in [5.74, 6) is 0.211. The van der Waals surface area contributed by atoms with Crippen molar-refractivity contribution >= 4 is 34.8 Å². The zero-order valence-corrected chi connectivity index (χ0v) is 14.5. The fourth-order valence-electron chi connectivity index (χ4n) is 2.11. The molecule has 1 aromatic heterocycles. The van der Waals surface area contributed by atoms with Crippen molar-refractivity contribution in [3.05, 3.63) is 70.7 Å². The lowest BCUT2D eigenvalue weighted by atomic mass is 10.2. The standard InChI is InChI=1S/C17H14Cl2N4O2/c18-15-6-5-14(7-16(15)19)25-9-17(24)22-13-3-1-12(2-4-13)8-23-11-20-10-21-23/h1-7,10-11H,8-9H2,(H,22,24). The van der Waals surface area contributed by atoms with Gasteiger partial charge in [0.1, 0.15) is 18.4 Å². The molecule has 1 N–H and O–H groups in total. The summed E-state index contributed by atoms with van der Waals surface area (Å²) in [5.41, 5.74) is 1.74. The first-order chi connectivity index (χ1) is 12.1. The first-order valence-corrected chi connectivity index (χ1v) is 8.15. The summed E-state index contributed by atoms with van der Waals surface area (Å²) in [5, 5.41) is 7.63. The number of aromatic nitrogens is 3. The van der Waals surface area contributed by atoms with E-state index < -0.39 is 0 Å². The molecular formula is C17H14Cl2N4O2. The molecule has 0 fully saturated rings. The van der Waals surface area contributed by atoms with Gasteiger partial charge in [0.25, 0.3) is 5.91 Å². The van der Waals surface area contributed by atoms with Crippen molar-refractivity contribution in [2.75, 3.05) is 11.9 Å². The van der Waals surface area contributed by atoms with Gasteiger partial charge < -0.3 is 10.1 Å². The van der Waals surface area contributed by atoms with E-state index in [2.05, 4.69) is 15.4 Å².